The van der Waals surface area contributed by atoms with Crippen molar-refractivity contribution in [3.63, 3.8) is 0 Å². The molecule has 1 heterocycles. The molecule has 7 heteroatoms. The Hall–Kier alpha value is -2.93. The number of hydrogen-bond donors (Lipinski definition) is 4. The molecule has 0 aliphatic heterocycles. The number of urea groups is 1. The zero-order chi connectivity index (χ0) is 18.8. The van der Waals surface area contributed by atoms with E-state index in [1.807, 2.05) is 44.3 Å². The van der Waals surface area contributed by atoms with E-state index < -0.39 is 0 Å². The lowest BCUT2D eigenvalue weighted by molar-refractivity contribution is -0.124. The summed E-state index contributed by atoms with van der Waals surface area (Å²) in [5.74, 6) is -0.104. The van der Waals surface area contributed by atoms with Crippen molar-refractivity contribution in [2.75, 3.05) is 18.9 Å². The smallest absolute Gasteiger partial charge is 0.319 e. The van der Waals surface area contributed by atoms with E-state index in [-0.39, 0.29) is 17.9 Å². The average molecular weight is 355 g/mol. The van der Waals surface area contributed by atoms with Gasteiger partial charge < -0.3 is 21.3 Å². The zero-order valence-electron chi connectivity index (χ0n) is 15.1. The van der Waals surface area contributed by atoms with Gasteiger partial charge in [-0.25, -0.2) is 4.79 Å². The first-order valence-electron chi connectivity index (χ1n) is 8.53. The Morgan fingerprint density at radius 3 is 2.50 bits per heavy atom. The van der Waals surface area contributed by atoms with Gasteiger partial charge in [0.1, 0.15) is 0 Å². The lowest BCUT2D eigenvalue weighted by Crippen LogP contribution is -2.33. The highest BCUT2D eigenvalue weighted by Crippen LogP contribution is 2.11. The molecule has 7 nitrogen and oxygen atoms in total. The van der Waals surface area contributed by atoms with Gasteiger partial charge in [-0.3, -0.25) is 9.78 Å². The van der Waals surface area contributed by atoms with Crippen LogP contribution in [-0.4, -0.2) is 30.5 Å². The number of anilines is 1. The third-order valence-corrected chi connectivity index (χ3v) is 3.81. The molecule has 0 saturated carbocycles. The molecule has 26 heavy (non-hydrogen) atoms. The molecule has 4 N–H and O–H groups in total. The number of pyridine rings is 1. The summed E-state index contributed by atoms with van der Waals surface area (Å²) in [7, 11) is 1.82. The van der Waals surface area contributed by atoms with Crippen LogP contribution in [0.1, 0.15) is 18.1 Å². The van der Waals surface area contributed by atoms with Crippen molar-refractivity contribution < 1.29 is 9.59 Å². The fraction of sp³-hybridized carbons (Fsp3) is 0.316. The third kappa shape index (κ3) is 6.52. The van der Waals surface area contributed by atoms with Crippen LogP contribution in [0.5, 0.6) is 0 Å². The molecule has 1 aromatic carbocycles. The number of nitrogens with zero attached hydrogens (tertiary/aromatic N) is 1. The van der Waals surface area contributed by atoms with E-state index in [2.05, 4.69) is 26.3 Å². The van der Waals surface area contributed by atoms with Gasteiger partial charge >= 0.3 is 6.03 Å². The number of amides is 3. The van der Waals surface area contributed by atoms with E-state index in [9.17, 15) is 9.59 Å². The third-order valence-electron chi connectivity index (χ3n) is 3.81. The number of nitrogens with one attached hydrogen (secondary N) is 4. The van der Waals surface area contributed by atoms with E-state index in [1.54, 1.807) is 18.5 Å². The Morgan fingerprint density at radius 2 is 1.77 bits per heavy atom. The molecule has 0 aliphatic rings. The monoisotopic (exact) mass is 355 g/mol. The average Bonchev–Trinajstić information content (AvgIpc) is 2.66. The zero-order valence-corrected chi connectivity index (χ0v) is 15.1. The Kier molecular flexibility index (Phi) is 7.57. The van der Waals surface area contributed by atoms with Crippen molar-refractivity contribution in [3.8, 4) is 0 Å². The molecule has 0 spiro atoms. The fourth-order valence-corrected chi connectivity index (χ4v) is 2.38. The van der Waals surface area contributed by atoms with Crippen molar-refractivity contribution in [2.45, 2.75) is 20.0 Å². The SMILES string of the molecule is CNCC(C)C(=O)NCc1cccc(NC(=O)NCc2ccncc2)c1. The van der Waals surface area contributed by atoms with Crippen molar-refractivity contribution in [1.29, 1.82) is 0 Å². The molecule has 2 aromatic rings. The Bertz CT molecular complexity index is 721. The molecule has 0 aliphatic carbocycles. The summed E-state index contributed by atoms with van der Waals surface area (Å²) in [4.78, 5) is 27.9. The molecular formula is C19H25N5O2. The predicted molar refractivity (Wildman–Crippen MR) is 101 cm³/mol. The summed E-state index contributed by atoms with van der Waals surface area (Å²) in [5.41, 5.74) is 2.57. The van der Waals surface area contributed by atoms with Crippen molar-refractivity contribution in [2.24, 2.45) is 5.92 Å². The van der Waals surface area contributed by atoms with Crippen LogP contribution in [0.3, 0.4) is 0 Å². The summed E-state index contributed by atoms with van der Waals surface area (Å²) in [6, 6.07) is 10.8. The highest BCUT2D eigenvalue weighted by atomic mass is 16.2. The Balaban J connectivity index is 1.82. The highest BCUT2D eigenvalue weighted by Gasteiger charge is 2.11. The molecule has 0 saturated heterocycles. The molecule has 1 aromatic heterocycles. The highest BCUT2D eigenvalue weighted by molar-refractivity contribution is 5.89. The summed E-state index contributed by atoms with van der Waals surface area (Å²) in [5, 5.41) is 11.5. The van der Waals surface area contributed by atoms with E-state index in [1.165, 1.54) is 0 Å². The van der Waals surface area contributed by atoms with Crippen LogP contribution in [0.2, 0.25) is 0 Å². The largest absolute Gasteiger partial charge is 0.352 e. The summed E-state index contributed by atoms with van der Waals surface area (Å²) >= 11 is 0. The minimum absolute atomic E-state index is 0.00666. The van der Waals surface area contributed by atoms with Crippen LogP contribution in [-0.2, 0) is 17.9 Å². The molecule has 0 radical (unpaired) electrons. The predicted octanol–water partition coefficient (Wildman–Crippen LogP) is 1.87. The lowest BCUT2D eigenvalue weighted by Gasteiger charge is -2.12. The maximum atomic E-state index is 12.0. The van der Waals surface area contributed by atoms with Crippen molar-refractivity contribution in [3.05, 3.63) is 59.9 Å². The standard InChI is InChI=1S/C19H25N5O2/c1-14(11-20-2)18(25)22-13-16-4-3-5-17(10-16)24-19(26)23-12-15-6-8-21-9-7-15/h3-10,14,20H,11-13H2,1-2H3,(H,22,25)(H2,23,24,26). The van der Waals surface area contributed by atoms with Crippen LogP contribution in [0.4, 0.5) is 10.5 Å². The number of hydrogen-bond acceptors (Lipinski definition) is 4. The van der Waals surface area contributed by atoms with Gasteiger partial charge in [-0.15, -0.1) is 0 Å². The van der Waals surface area contributed by atoms with Gasteiger partial charge in [0.25, 0.3) is 0 Å². The maximum Gasteiger partial charge on any atom is 0.319 e. The number of aromatic nitrogens is 1. The first kappa shape index (κ1) is 19.4. The lowest BCUT2D eigenvalue weighted by atomic mass is 10.1. The summed E-state index contributed by atoms with van der Waals surface area (Å²) < 4.78 is 0. The van der Waals surface area contributed by atoms with Gasteiger partial charge in [-0.05, 0) is 42.4 Å². The van der Waals surface area contributed by atoms with Crippen LogP contribution < -0.4 is 21.3 Å². The van der Waals surface area contributed by atoms with Gasteiger partial charge in [0, 0.05) is 43.6 Å². The molecule has 0 bridgehead atoms. The van der Waals surface area contributed by atoms with Gasteiger partial charge in [0.2, 0.25) is 5.91 Å². The van der Waals surface area contributed by atoms with E-state index in [0.29, 0.717) is 25.3 Å². The quantitative estimate of drug-likeness (QED) is 0.581. The number of carbonyl (C=O) groups is 2. The molecular weight excluding hydrogens is 330 g/mol. The molecule has 3 amide bonds. The molecule has 2 rings (SSSR count). The summed E-state index contributed by atoms with van der Waals surface area (Å²) in [6.45, 7) is 3.34. The van der Waals surface area contributed by atoms with Crippen LogP contribution >= 0.6 is 0 Å². The van der Waals surface area contributed by atoms with Gasteiger partial charge in [-0.2, -0.15) is 0 Å². The van der Waals surface area contributed by atoms with Crippen LogP contribution in [0, 0.1) is 5.92 Å². The second-order valence-corrected chi connectivity index (χ2v) is 6.04. The van der Waals surface area contributed by atoms with E-state index in [4.69, 9.17) is 0 Å². The first-order chi connectivity index (χ1) is 12.6. The van der Waals surface area contributed by atoms with Crippen LogP contribution in [0.15, 0.2) is 48.8 Å². The number of carbonyl (C=O) groups excluding carboxylic acids is 2. The number of benzene rings is 1. The Labute approximate surface area is 153 Å². The molecule has 0 fully saturated rings. The topological polar surface area (TPSA) is 95.2 Å². The van der Waals surface area contributed by atoms with Gasteiger partial charge in [0.15, 0.2) is 0 Å². The van der Waals surface area contributed by atoms with Crippen molar-refractivity contribution >= 4 is 17.6 Å². The van der Waals surface area contributed by atoms with Gasteiger partial charge in [0.05, 0.1) is 0 Å². The normalized spacial score (nSPS) is 11.5. The maximum absolute atomic E-state index is 12.0. The number of rotatable bonds is 8. The molecule has 1 unspecified atom stereocenters. The minimum atomic E-state index is -0.286. The Morgan fingerprint density at radius 1 is 1.04 bits per heavy atom. The van der Waals surface area contributed by atoms with E-state index >= 15 is 0 Å². The minimum Gasteiger partial charge on any atom is -0.352 e. The first-order valence-corrected chi connectivity index (χ1v) is 8.53. The fourth-order valence-electron chi connectivity index (χ4n) is 2.38. The van der Waals surface area contributed by atoms with Gasteiger partial charge in [-0.1, -0.05) is 19.1 Å². The molecule has 1 atom stereocenters. The second kappa shape index (κ2) is 10.1. The van der Waals surface area contributed by atoms with E-state index in [0.717, 1.165) is 11.1 Å². The second-order valence-electron chi connectivity index (χ2n) is 6.04. The molecule has 138 valence electrons. The summed E-state index contributed by atoms with van der Waals surface area (Å²) in [6.07, 6.45) is 3.37. The van der Waals surface area contributed by atoms with Crippen LogP contribution in [0.25, 0.3) is 0 Å². The van der Waals surface area contributed by atoms with Crippen molar-refractivity contribution in [1.82, 2.24) is 20.9 Å².